The molecular formula is C12H11ClN2O5S. The third-order valence-corrected chi connectivity index (χ3v) is 4.85. The van der Waals surface area contributed by atoms with Crippen LogP contribution in [0.5, 0.6) is 0 Å². The first-order valence-electron chi connectivity index (χ1n) is 5.75. The summed E-state index contributed by atoms with van der Waals surface area (Å²) < 4.78 is 30.9. The van der Waals surface area contributed by atoms with E-state index in [2.05, 4.69) is 0 Å². The van der Waals surface area contributed by atoms with Gasteiger partial charge in [-0.05, 0) is 24.3 Å². The van der Waals surface area contributed by atoms with Crippen LogP contribution in [0.3, 0.4) is 0 Å². The Morgan fingerprint density at radius 3 is 2.67 bits per heavy atom. The normalized spacial score (nSPS) is 11.8. The molecule has 0 unspecified atom stereocenters. The third-order valence-electron chi connectivity index (χ3n) is 2.76. The summed E-state index contributed by atoms with van der Waals surface area (Å²) in [5.41, 5.74) is -0.561. The van der Waals surface area contributed by atoms with Crippen LogP contribution in [-0.2, 0) is 16.6 Å². The highest BCUT2D eigenvalue weighted by Gasteiger charge is 2.30. The van der Waals surface area contributed by atoms with E-state index in [0.717, 1.165) is 16.4 Å². The standard InChI is InChI=1S/C12H11ClN2O5S/c1-14(8-10-3-2-6-20-10)21(18,19)12-5-4-9(13)7-11(12)15(16)17/h2-7H,8H2,1H3. The quantitative estimate of drug-likeness (QED) is 0.620. The highest BCUT2D eigenvalue weighted by Crippen LogP contribution is 2.29. The Hall–Kier alpha value is -1.90. The first-order chi connectivity index (χ1) is 9.82. The van der Waals surface area contributed by atoms with Gasteiger partial charge in [-0.15, -0.1) is 0 Å². The molecule has 0 radical (unpaired) electrons. The summed E-state index contributed by atoms with van der Waals surface area (Å²) in [6.07, 6.45) is 1.42. The van der Waals surface area contributed by atoms with E-state index in [0.29, 0.717) is 5.76 Å². The highest BCUT2D eigenvalue weighted by molar-refractivity contribution is 7.89. The van der Waals surface area contributed by atoms with Crippen molar-refractivity contribution in [2.45, 2.75) is 11.4 Å². The van der Waals surface area contributed by atoms with Crippen LogP contribution in [0.15, 0.2) is 45.9 Å². The smallest absolute Gasteiger partial charge is 0.290 e. The first kappa shape index (κ1) is 15.5. The Bertz CT molecular complexity index is 758. The Balaban J connectivity index is 2.41. The lowest BCUT2D eigenvalue weighted by Gasteiger charge is -2.15. The minimum absolute atomic E-state index is 0.0326. The summed E-state index contributed by atoms with van der Waals surface area (Å²) in [4.78, 5) is 9.82. The molecule has 1 aromatic heterocycles. The van der Waals surface area contributed by atoms with Gasteiger partial charge in [0.2, 0.25) is 10.0 Å². The number of nitro groups is 1. The minimum Gasteiger partial charge on any atom is -0.468 e. The monoisotopic (exact) mass is 330 g/mol. The zero-order valence-corrected chi connectivity index (χ0v) is 12.5. The van der Waals surface area contributed by atoms with Gasteiger partial charge in [0.05, 0.1) is 17.7 Å². The lowest BCUT2D eigenvalue weighted by Crippen LogP contribution is -2.27. The van der Waals surface area contributed by atoms with Crippen LogP contribution in [-0.4, -0.2) is 24.7 Å². The fraction of sp³-hybridized carbons (Fsp3) is 0.167. The van der Waals surface area contributed by atoms with Gasteiger partial charge in [0.15, 0.2) is 4.90 Å². The van der Waals surface area contributed by atoms with Crippen LogP contribution < -0.4 is 0 Å². The molecule has 1 heterocycles. The van der Waals surface area contributed by atoms with E-state index >= 15 is 0 Å². The zero-order chi connectivity index (χ0) is 15.6. The predicted octanol–water partition coefficient (Wildman–Crippen LogP) is 2.66. The molecule has 0 spiro atoms. The van der Waals surface area contributed by atoms with Crippen molar-refractivity contribution in [3.63, 3.8) is 0 Å². The molecule has 112 valence electrons. The van der Waals surface area contributed by atoms with Gasteiger partial charge in [0.1, 0.15) is 5.76 Å². The largest absolute Gasteiger partial charge is 0.468 e. The van der Waals surface area contributed by atoms with E-state index < -0.39 is 25.5 Å². The second kappa shape index (κ2) is 5.84. The molecule has 0 atom stereocenters. The van der Waals surface area contributed by atoms with E-state index in [4.69, 9.17) is 16.0 Å². The van der Waals surface area contributed by atoms with Crippen molar-refractivity contribution < 1.29 is 17.8 Å². The van der Waals surface area contributed by atoms with Crippen molar-refractivity contribution in [1.29, 1.82) is 0 Å². The molecule has 0 fully saturated rings. The lowest BCUT2D eigenvalue weighted by molar-refractivity contribution is -0.387. The van der Waals surface area contributed by atoms with Crippen LogP contribution in [0, 0.1) is 10.1 Å². The molecule has 0 saturated carbocycles. The molecule has 21 heavy (non-hydrogen) atoms. The van der Waals surface area contributed by atoms with Gasteiger partial charge in [-0.3, -0.25) is 10.1 Å². The van der Waals surface area contributed by atoms with Crippen molar-refractivity contribution in [3.05, 3.63) is 57.5 Å². The number of nitro benzene ring substituents is 1. The number of hydrogen-bond acceptors (Lipinski definition) is 5. The number of sulfonamides is 1. The Kier molecular flexibility index (Phi) is 4.31. The molecule has 0 N–H and O–H groups in total. The molecule has 7 nitrogen and oxygen atoms in total. The van der Waals surface area contributed by atoms with E-state index in [-0.39, 0.29) is 11.6 Å². The number of rotatable bonds is 5. The van der Waals surface area contributed by atoms with Gasteiger partial charge in [-0.25, -0.2) is 8.42 Å². The van der Waals surface area contributed by atoms with Gasteiger partial charge in [-0.2, -0.15) is 4.31 Å². The van der Waals surface area contributed by atoms with Crippen LogP contribution in [0.4, 0.5) is 5.69 Å². The average molecular weight is 331 g/mol. The van der Waals surface area contributed by atoms with E-state index in [9.17, 15) is 18.5 Å². The molecule has 0 aliphatic heterocycles. The predicted molar refractivity (Wildman–Crippen MR) is 75.5 cm³/mol. The zero-order valence-electron chi connectivity index (χ0n) is 10.9. The van der Waals surface area contributed by atoms with E-state index in [1.165, 1.54) is 19.4 Å². The summed E-state index contributed by atoms with van der Waals surface area (Å²) in [5.74, 6) is 0.428. The molecule has 2 rings (SSSR count). The summed E-state index contributed by atoms with van der Waals surface area (Å²) in [6, 6.07) is 6.66. The van der Waals surface area contributed by atoms with Crippen molar-refractivity contribution in [2.24, 2.45) is 0 Å². The number of hydrogen-bond donors (Lipinski definition) is 0. The molecule has 0 saturated heterocycles. The Morgan fingerprint density at radius 2 is 2.10 bits per heavy atom. The molecule has 0 aliphatic rings. The second-order valence-electron chi connectivity index (χ2n) is 4.21. The first-order valence-corrected chi connectivity index (χ1v) is 7.57. The van der Waals surface area contributed by atoms with Crippen molar-refractivity contribution in [2.75, 3.05) is 7.05 Å². The average Bonchev–Trinajstić information content (AvgIpc) is 2.91. The van der Waals surface area contributed by atoms with Crippen LogP contribution in [0.1, 0.15) is 5.76 Å². The van der Waals surface area contributed by atoms with Gasteiger partial charge in [0, 0.05) is 18.1 Å². The molecule has 9 heteroatoms. The fourth-order valence-corrected chi connectivity index (χ4v) is 3.16. The van der Waals surface area contributed by atoms with Crippen LogP contribution in [0.25, 0.3) is 0 Å². The Morgan fingerprint density at radius 1 is 1.38 bits per heavy atom. The molecule has 0 amide bonds. The SMILES string of the molecule is CN(Cc1ccco1)S(=O)(=O)c1ccc(Cl)cc1[N+](=O)[O-]. The van der Waals surface area contributed by atoms with Crippen LogP contribution >= 0.6 is 11.6 Å². The minimum atomic E-state index is -4.03. The maximum Gasteiger partial charge on any atom is 0.290 e. The van der Waals surface area contributed by atoms with Gasteiger partial charge < -0.3 is 4.42 Å². The number of nitrogens with zero attached hydrogens (tertiary/aromatic N) is 2. The number of halogens is 1. The van der Waals surface area contributed by atoms with Gasteiger partial charge in [0.25, 0.3) is 5.69 Å². The van der Waals surface area contributed by atoms with Gasteiger partial charge in [-0.1, -0.05) is 11.6 Å². The summed E-state index contributed by atoms with van der Waals surface area (Å²) >= 11 is 5.68. The summed E-state index contributed by atoms with van der Waals surface area (Å²) in [7, 11) is -2.72. The second-order valence-corrected chi connectivity index (χ2v) is 6.66. The third kappa shape index (κ3) is 3.23. The lowest BCUT2D eigenvalue weighted by atomic mass is 10.3. The van der Waals surface area contributed by atoms with Crippen LogP contribution in [0.2, 0.25) is 5.02 Å². The number of benzene rings is 1. The summed E-state index contributed by atoms with van der Waals surface area (Å²) in [5, 5.41) is 11.1. The highest BCUT2D eigenvalue weighted by atomic mass is 35.5. The molecule has 1 aromatic carbocycles. The fourth-order valence-electron chi connectivity index (χ4n) is 1.73. The van der Waals surface area contributed by atoms with E-state index in [1.807, 2.05) is 0 Å². The van der Waals surface area contributed by atoms with Crippen molar-refractivity contribution >= 4 is 27.3 Å². The molecule has 0 aliphatic carbocycles. The Labute approximate surface area is 125 Å². The van der Waals surface area contributed by atoms with Gasteiger partial charge >= 0.3 is 0 Å². The number of furan rings is 1. The summed E-state index contributed by atoms with van der Waals surface area (Å²) in [6.45, 7) is -0.0326. The maximum absolute atomic E-state index is 12.4. The maximum atomic E-state index is 12.4. The van der Waals surface area contributed by atoms with Crippen molar-refractivity contribution in [1.82, 2.24) is 4.31 Å². The van der Waals surface area contributed by atoms with Crippen molar-refractivity contribution in [3.8, 4) is 0 Å². The topological polar surface area (TPSA) is 93.7 Å². The molecular weight excluding hydrogens is 320 g/mol. The van der Waals surface area contributed by atoms with E-state index in [1.54, 1.807) is 12.1 Å². The molecule has 2 aromatic rings. The molecule has 0 bridgehead atoms.